The van der Waals surface area contributed by atoms with Crippen LogP contribution < -0.4 is 5.32 Å². The van der Waals surface area contributed by atoms with Crippen molar-refractivity contribution in [1.82, 2.24) is 15.2 Å². The Kier molecular flexibility index (Phi) is 4.84. The standard InChI is InChI=1S/C14H21N3O3S/c1-19-4-2-16-14(18)11-9-20-12-7-17(6-10(11)12)8-13-15-3-5-21-13/h3,5,10-12H,2,4,6-9H2,1H3,(H,16,18)/t10-,11+,12-/m1/s1. The largest absolute Gasteiger partial charge is 0.383 e. The van der Waals surface area contributed by atoms with Crippen LogP contribution in [0.4, 0.5) is 0 Å². The molecule has 1 aromatic heterocycles. The Bertz CT molecular complexity index is 468. The van der Waals surface area contributed by atoms with E-state index in [1.54, 1.807) is 18.4 Å². The van der Waals surface area contributed by atoms with Crippen LogP contribution in [0.2, 0.25) is 0 Å². The fourth-order valence-electron chi connectivity index (χ4n) is 3.12. The Labute approximate surface area is 128 Å². The van der Waals surface area contributed by atoms with Gasteiger partial charge >= 0.3 is 0 Å². The molecule has 1 aromatic rings. The monoisotopic (exact) mass is 311 g/mol. The zero-order chi connectivity index (χ0) is 14.7. The van der Waals surface area contributed by atoms with Crippen molar-refractivity contribution in [3.63, 3.8) is 0 Å². The molecule has 3 atom stereocenters. The van der Waals surface area contributed by atoms with Crippen LogP contribution in [-0.4, -0.2) is 61.9 Å². The molecule has 2 aliphatic heterocycles. The number of nitrogens with one attached hydrogen (secondary N) is 1. The topological polar surface area (TPSA) is 63.7 Å². The van der Waals surface area contributed by atoms with Gasteiger partial charge < -0.3 is 14.8 Å². The smallest absolute Gasteiger partial charge is 0.225 e. The van der Waals surface area contributed by atoms with Crippen LogP contribution in [0, 0.1) is 11.8 Å². The third kappa shape index (κ3) is 3.42. The van der Waals surface area contributed by atoms with E-state index in [9.17, 15) is 4.79 Å². The van der Waals surface area contributed by atoms with Gasteiger partial charge in [0.05, 0.1) is 31.8 Å². The predicted octanol–water partition coefficient (Wildman–Crippen LogP) is 0.353. The van der Waals surface area contributed by atoms with Gasteiger partial charge in [-0.3, -0.25) is 9.69 Å². The molecule has 0 spiro atoms. The lowest BCUT2D eigenvalue weighted by Gasteiger charge is -2.18. The van der Waals surface area contributed by atoms with Crippen LogP contribution in [0.15, 0.2) is 11.6 Å². The molecule has 1 N–H and O–H groups in total. The number of hydrogen-bond donors (Lipinski definition) is 1. The van der Waals surface area contributed by atoms with Crippen LogP contribution in [0.25, 0.3) is 0 Å². The summed E-state index contributed by atoms with van der Waals surface area (Å²) in [5, 5.41) is 6.04. The molecule has 7 heteroatoms. The van der Waals surface area contributed by atoms with Gasteiger partial charge in [-0.15, -0.1) is 11.3 Å². The first kappa shape index (κ1) is 14.9. The summed E-state index contributed by atoms with van der Waals surface area (Å²) in [6.07, 6.45) is 2.02. The van der Waals surface area contributed by atoms with E-state index in [0.29, 0.717) is 25.7 Å². The van der Waals surface area contributed by atoms with Gasteiger partial charge in [0, 0.05) is 44.2 Å². The maximum atomic E-state index is 12.2. The Morgan fingerprint density at radius 1 is 1.62 bits per heavy atom. The molecule has 0 bridgehead atoms. The van der Waals surface area contributed by atoms with E-state index in [0.717, 1.165) is 24.6 Å². The van der Waals surface area contributed by atoms with E-state index in [4.69, 9.17) is 9.47 Å². The zero-order valence-corrected chi connectivity index (χ0v) is 13.0. The summed E-state index contributed by atoms with van der Waals surface area (Å²) in [4.78, 5) is 18.9. The number of nitrogens with zero attached hydrogens (tertiary/aromatic N) is 2. The van der Waals surface area contributed by atoms with E-state index in [2.05, 4.69) is 15.2 Å². The van der Waals surface area contributed by atoms with Crippen molar-refractivity contribution in [3.8, 4) is 0 Å². The van der Waals surface area contributed by atoms with E-state index in [1.807, 2.05) is 11.6 Å². The fraction of sp³-hybridized carbons (Fsp3) is 0.714. The molecule has 0 aromatic carbocycles. The first-order valence-corrected chi connectivity index (χ1v) is 8.15. The number of aromatic nitrogens is 1. The lowest BCUT2D eigenvalue weighted by molar-refractivity contribution is -0.126. The van der Waals surface area contributed by atoms with Gasteiger partial charge in [0.2, 0.25) is 5.91 Å². The Hall–Kier alpha value is -1.02. The zero-order valence-electron chi connectivity index (χ0n) is 12.2. The highest BCUT2D eigenvalue weighted by atomic mass is 32.1. The van der Waals surface area contributed by atoms with Crippen molar-refractivity contribution in [3.05, 3.63) is 16.6 Å². The third-order valence-electron chi connectivity index (χ3n) is 4.18. The summed E-state index contributed by atoms with van der Waals surface area (Å²) >= 11 is 1.67. The number of carbonyl (C=O) groups excluding carboxylic acids is 1. The lowest BCUT2D eigenvalue weighted by Crippen LogP contribution is -2.38. The van der Waals surface area contributed by atoms with Gasteiger partial charge in [-0.25, -0.2) is 4.98 Å². The summed E-state index contributed by atoms with van der Waals surface area (Å²) < 4.78 is 10.8. The molecule has 21 heavy (non-hydrogen) atoms. The second-order valence-electron chi connectivity index (χ2n) is 5.55. The number of likely N-dealkylation sites (tertiary alicyclic amines) is 1. The molecule has 3 heterocycles. The average molecular weight is 311 g/mol. The fourth-order valence-corrected chi connectivity index (χ4v) is 3.78. The first-order valence-electron chi connectivity index (χ1n) is 7.27. The second-order valence-corrected chi connectivity index (χ2v) is 6.53. The van der Waals surface area contributed by atoms with E-state index in [1.165, 1.54) is 0 Å². The molecule has 2 aliphatic rings. The quantitative estimate of drug-likeness (QED) is 0.768. The Morgan fingerprint density at radius 2 is 2.52 bits per heavy atom. The van der Waals surface area contributed by atoms with Gasteiger partial charge in [0.25, 0.3) is 0 Å². The molecule has 6 nitrogen and oxygen atoms in total. The molecule has 2 fully saturated rings. The van der Waals surface area contributed by atoms with Gasteiger partial charge in [0.1, 0.15) is 5.01 Å². The number of hydrogen-bond acceptors (Lipinski definition) is 6. The molecule has 116 valence electrons. The molecule has 0 aliphatic carbocycles. The normalized spacial score (nSPS) is 28.7. The highest BCUT2D eigenvalue weighted by molar-refractivity contribution is 7.09. The molecule has 1 amide bonds. The number of carbonyl (C=O) groups is 1. The highest BCUT2D eigenvalue weighted by Gasteiger charge is 2.46. The molecule has 3 rings (SSSR count). The Balaban J connectivity index is 1.52. The van der Waals surface area contributed by atoms with Gasteiger partial charge in [-0.05, 0) is 0 Å². The summed E-state index contributed by atoms with van der Waals surface area (Å²) in [7, 11) is 1.63. The third-order valence-corrected chi connectivity index (χ3v) is 4.94. The van der Waals surface area contributed by atoms with Gasteiger partial charge in [-0.2, -0.15) is 0 Å². The number of thiazole rings is 1. The minimum absolute atomic E-state index is 0.0341. The molecular weight excluding hydrogens is 290 g/mol. The molecule has 0 unspecified atom stereocenters. The average Bonchev–Trinajstić information content (AvgIpc) is 3.16. The number of ether oxygens (including phenoxy) is 2. The minimum Gasteiger partial charge on any atom is -0.383 e. The molecule has 0 radical (unpaired) electrons. The number of amides is 1. The minimum atomic E-state index is -0.0341. The summed E-state index contributed by atoms with van der Waals surface area (Å²) in [5.74, 6) is 0.358. The maximum Gasteiger partial charge on any atom is 0.225 e. The van der Waals surface area contributed by atoms with E-state index >= 15 is 0 Å². The summed E-state index contributed by atoms with van der Waals surface area (Å²) in [6, 6.07) is 0. The van der Waals surface area contributed by atoms with Crippen molar-refractivity contribution < 1.29 is 14.3 Å². The van der Waals surface area contributed by atoms with Crippen molar-refractivity contribution >= 4 is 17.2 Å². The van der Waals surface area contributed by atoms with Crippen LogP contribution >= 0.6 is 11.3 Å². The van der Waals surface area contributed by atoms with Crippen molar-refractivity contribution in [2.24, 2.45) is 11.8 Å². The van der Waals surface area contributed by atoms with Crippen molar-refractivity contribution in [1.29, 1.82) is 0 Å². The lowest BCUT2D eigenvalue weighted by atomic mass is 9.92. The number of fused-ring (bicyclic) bond motifs is 1. The van der Waals surface area contributed by atoms with Crippen LogP contribution in [0.1, 0.15) is 5.01 Å². The van der Waals surface area contributed by atoms with E-state index < -0.39 is 0 Å². The molecule has 2 saturated heterocycles. The SMILES string of the molecule is COCCNC(=O)[C@H]1CO[C@@H]2CN(Cc3nccs3)C[C@H]12. The molecule has 0 saturated carbocycles. The second kappa shape index (κ2) is 6.83. The van der Waals surface area contributed by atoms with Crippen LogP contribution in [-0.2, 0) is 20.8 Å². The summed E-state index contributed by atoms with van der Waals surface area (Å²) in [5.41, 5.74) is 0. The van der Waals surface area contributed by atoms with Crippen LogP contribution in [0.5, 0.6) is 0 Å². The van der Waals surface area contributed by atoms with Crippen molar-refractivity contribution in [2.45, 2.75) is 12.6 Å². The molecular formula is C14H21N3O3S. The number of methoxy groups -OCH3 is 1. The maximum absolute atomic E-state index is 12.2. The highest BCUT2D eigenvalue weighted by Crippen LogP contribution is 2.34. The predicted molar refractivity (Wildman–Crippen MR) is 79.0 cm³/mol. The van der Waals surface area contributed by atoms with Crippen molar-refractivity contribution in [2.75, 3.05) is 40.0 Å². The van der Waals surface area contributed by atoms with Gasteiger partial charge in [0.15, 0.2) is 0 Å². The first-order chi connectivity index (χ1) is 10.3. The van der Waals surface area contributed by atoms with E-state index in [-0.39, 0.29) is 17.9 Å². The van der Waals surface area contributed by atoms with Crippen LogP contribution in [0.3, 0.4) is 0 Å². The van der Waals surface area contributed by atoms with Gasteiger partial charge in [-0.1, -0.05) is 0 Å². The number of rotatable bonds is 6. The Morgan fingerprint density at radius 3 is 3.29 bits per heavy atom. The summed E-state index contributed by atoms with van der Waals surface area (Å²) in [6.45, 7) is 4.31.